The van der Waals surface area contributed by atoms with Crippen LogP contribution in [0.1, 0.15) is 24.7 Å². The van der Waals surface area contributed by atoms with Crippen molar-refractivity contribution in [1.29, 1.82) is 0 Å². The smallest absolute Gasteiger partial charge is 0.311 e. The van der Waals surface area contributed by atoms with Crippen LogP contribution in [0, 0.1) is 5.82 Å². The van der Waals surface area contributed by atoms with Gasteiger partial charge in [0.25, 0.3) is 6.43 Å². The van der Waals surface area contributed by atoms with Gasteiger partial charge in [-0.1, -0.05) is 0 Å². The van der Waals surface area contributed by atoms with E-state index in [9.17, 15) is 18.0 Å². The first-order chi connectivity index (χ1) is 7.95. The number of nitrogens with zero attached hydrogens (tertiary/aromatic N) is 1. The van der Waals surface area contributed by atoms with Gasteiger partial charge in [-0.2, -0.15) is 0 Å². The molecule has 0 aliphatic carbocycles. The lowest BCUT2D eigenvalue weighted by Crippen LogP contribution is -2.10. The number of aromatic hydroxyl groups is 1. The second kappa shape index (κ2) is 5.51. The van der Waals surface area contributed by atoms with Crippen LogP contribution in [0.5, 0.6) is 5.75 Å². The summed E-state index contributed by atoms with van der Waals surface area (Å²) in [5, 5.41) is 9.00. The summed E-state index contributed by atoms with van der Waals surface area (Å²) < 4.78 is 42.4. The highest BCUT2D eigenvalue weighted by molar-refractivity contribution is 5.72. The fourth-order valence-electron chi connectivity index (χ4n) is 1.18. The lowest BCUT2D eigenvalue weighted by Gasteiger charge is -2.07. The predicted molar refractivity (Wildman–Crippen MR) is 51.2 cm³/mol. The van der Waals surface area contributed by atoms with E-state index in [-0.39, 0.29) is 12.3 Å². The molecule has 0 aliphatic heterocycles. The highest BCUT2D eigenvalue weighted by Crippen LogP contribution is 2.29. The van der Waals surface area contributed by atoms with Gasteiger partial charge in [-0.25, -0.2) is 18.2 Å². The van der Waals surface area contributed by atoms with E-state index in [4.69, 9.17) is 5.11 Å². The van der Waals surface area contributed by atoms with Gasteiger partial charge in [-0.3, -0.25) is 4.79 Å². The molecule has 94 valence electrons. The molecule has 0 bridgehead atoms. The van der Waals surface area contributed by atoms with Gasteiger partial charge in [-0.05, 0) is 13.0 Å². The molecule has 17 heavy (non-hydrogen) atoms. The van der Waals surface area contributed by atoms with Crippen molar-refractivity contribution in [3.05, 3.63) is 23.3 Å². The number of rotatable bonds is 4. The lowest BCUT2D eigenvalue weighted by atomic mass is 10.2. The zero-order valence-electron chi connectivity index (χ0n) is 8.91. The van der Waals surface area contributed by atoms with Crippen molar-refractivity contribution in [3.8, 4) is 5.75 Å². The van der Waals surface area contributed by atoms with Crippen LogP contribution in [0.15, 0.2) is 6.07 Å². The number of carbonyl (C=O) groups is 1. The van der Waals surface area contributed by atoms with Gasteiger partial charge in [0.2, 0.25) is 0 Å². The molecule has 0 amide bonds. The van der Waals surface area contributed by atoms with Crippen molar-refractivity contribution >= 4 is 5.97 Å². The molecule has 1 aromatic rings. The van der Waals surface area contributed by atoms with Crippen molar-refractivity contribution in [3.63, 3.8) is 0 Å². The van der Waals surface area contributed by atoms with Crippen molar-refractivity contribution in [2.45, 2.75) is 19.8 Å². The summed E-state index contributed by atoms with van der Waals surface area (Å²) in [6, 6.07) is 0.720. The topological polar surface area (TPSA) is 59.4 Å². The molecule has 0 aliphatic rings. The number of aromatic nitrogens is 1. The first-order valence-electron chi connectivity index (χ1n) is 4.77. The van der Waals surface area contributed by atoms with Crippen molar-refractivity contribution < 1.29 is 27.8 Å². The van der Waals surface area contributed by atoms with Crippen LogP contribution in [0.25, 0.3) is 0 Å². The van der Waals surface area contributed by atoms with E-state index in [0.717, 1.165) is 6.07 Å². The summed E-state index contributed by atoms with van der Waals surface area (Å²) in [5.41, 5.74) is -1.29. The van der Waals surface area contributed by atoms with Crippen LogP contribution >= 0.6 is 0 Å². The number of halogens is 3. The van der Waals surface area contributed by atoms with Crippen LogP contribution in [0.4, 0.5) is 13.2 Å². The summed E-state index contributed by atoms with van der Waals surface area (Å²) in [6.45, 7) is 1.70. The Bertz CT molecular complexity index is 424. The van der Waals surface area contributed by atoms with E-state index in [1.54, 1.807) is 6.92 Å². The largest absolute Gasteiger partial charge is 0.503 e. The minimum absolute atomic E-state index is 0.126. The number of pyridine rings is 1. The average molecular weight is 249 g/mol. The SMILES string of the molecule is CCOC(=O)Cc1cc(F)c(O)c(C(F)F)n1. The zero-order valence-corrected chi connectivity index (χ0v) is 8.91. The Kier molecular flexibility index (Phi) is 4.30. The Balaban J connectivity index is 2.98. The minimum atomic E-state index is -3.12. The van der Waals surface area contributed by atoms with Crippen LogP contribution in [0.2, 0.25) is 0 Å². The molecule has 1 aromatic heterocycles. The molecule has 4 nitrogen and oxygen atoms in total. The van der Waals surface area contributed by atoms with E-state index < -0.39 is 36.1 Å². The van der Waals surface area contributed by atoms with Crippen LogP contribution < -0.4 is 0 Å². The van der Waals surface area contributed by atoms with E-state index in [2.05, 4.69) is 9.72 Å². The summed E-state index contributed by atoms with van der Waals surface area (Å²) in [5.74, 6) is -3.15. The third-order valence-corrected chi connectivity index (χ3v) is 1.86. The summed E-state index contributed by atoms with van der Waals surface area (Å²) in [6.07, 6.45) is -3.54. The highest BCUT2D eigenvalue weighted by Gasteiger charge is 2.20. The van der Waals surface area contributed by atoms with Gasteiger partial charge >= 0.3 is 5.97 Å². The van der Waals surface area contributed by atoms with Gasteiger partial charge in [0.05, 0.1) is 18.7 Å². The third kappa shape index (κ3) is 3.33. The van der Waals surface area contributed by atoms with E-state index >= 15 is 0 Å². The number of hydrogen-bond acceptors (Lipinski definition) is 4. The fourth-order valence-corrected chi connectivity index (χ4v) is 1.18. The predicted octanol–water partition coefficient (Wildman–Crippen LogP) is 1.97. The number of esters is 1. The zero-order chi connectivity index (χ0) is 13.0. The van der Waals surface area contributed by atoms with Crippen molar-refractivity contribution in [1.82, 2.24) is 4.98 Å². The Labute approximate surface area is 95.0 Å². The van der Waals surface area contributed by atoms with Gasteiger partial charge in [0, 0.05) is 0 Å². The minimum Gasteiger partial charge on any atom is -0.503 e. The Hall–Kier alpha value is -1.79. The van der Waals surface area contributed by atoms with E-state index in [1.165, 1.54) is 0 Å². The average Bonchev–Trinajstić information content (AvgIpc) is 2.23. The monoisotopic (exact) mass is 249 g/mol. The second-order valence-corrected chi connectivity index (χ2v) is 3.11. The standard InChI is InChI=1S/C10H10F3NO3/c1-2-17-7(15)4-5-3-6(11)9(16)8(14-5)10(12)13/h3,10,16H,2,4H2,1H3. The summed E-state index contributed by atoms with van der Waals surface area (Å²) in [4.78, 5) is 14.4. The molecule has 1 N–H and O–H groups in total. The molecule has 0 atom stereocenters. The molecule has 0 spiro atoms. The van der Waals surface area contributed by atoms with Gasteiger partial charge in [0.15, 0.2) is 17.3 Å². The van der Waals surface area contributed by atoms with Crippen LogP contribution in [-0.2, 0) is 16.0 Å². The highest BCUT2D eigenvalue weighted by atomic mass is 19.3. The number of alkyl halides is 2. The van der Waals surface area contributed by atoms with E-state index in [0.29, 0.717) is 0 Å². The lowest BCUT2D eigenvalue weighted by molar-refractivity contribution is -0.142. The number of hydrogen-bond donors (Lipinski definition) is 1. The maximum absolute atomic E-state index is 13.1. The quantitative estimate of drug-likeness (QED) is 0.829. The molecular formula is C10H10F3NO3. The maximum atomic E-state index is 13.1. The van der Waals surface area contributed by atoms with Gasteiger partial charge in [-0.15, -0.1) is 0 Å². The Morgan fingerprint density at radius 3 is 2.76 bits per heavy atom. The molecule has 0 radical (unpaired) electrons. The molecule has 0 fully saturated rings. The Morgan fingerprint density at radius 2 is 2.24 bits per heavy atom. The first-order valence-corrected chi connectivity index (χ1v) is 4.77. The molecule has 0 unspecified atom stereocenters. The molecular weight excluding hydrogens is 239 g/mol. The third-order valence-electron chi connectivity index (χ3n) is 1.86. The summed E-state index contributed by atoms with van der Waals surface area (Å²) >= 11 is 0. The van der Waals surface area contributed by atoms with E-state index in [1.807, 2.05) is 0 Å². The molecule has 7 heteroatoms. The molecule has 0 aromatic carbocycles. The summed E-state index contributed by atoms with van der Waals surface area (Å²) in [7, 11) is 0. The van der Waals surface area contributed by atoms with Crippen LogP contribution in [0.3, 0.4) is 0 Å². The van der Waals surface area contributed by atoms with Crippen molar-refractivity contribution in [2.24, 2.45) is 0 Å². The molecule has 1 heterocycles. The van der Waals surface area contributed by atoms with Gasteiger partial charge < -0.3 is 9.84 Å². The van der Waals surface area contributed by atoms with Gasteiger partial charge in [0.1, 0.15) is 0 Å². The molecule has 0 saturated carbocycles. The fraction of sp³-hybridized carbons (Fsp3) is 0.400. The second-order valence-electron chi connectivity index (χ2n) is 3.11. The number of ether oxygens (including phenoxy) is 1. The number of carbonyl (C=O) groups excluding carboxylic acids is 1. The normalized spacial score (nSPS) is 10.6. The Morgan fingerprint density at radius 1 is 1.59 bits per heavy atom. The molecule has 1 rings (SSSR count). The van der Waals surface area contributed by atoms with Crippen molar-refractivity contribution in [2.75, 3.05) is 6.61 Å². The maximum Gasteiger partial charge on any atom is 0.311 e. The first kappa shape index (κ1) is 13.3. The van der Waals surface area contributed by atoms with Crippen LogP contribution in [-0.4, -0.2) is 22.7 Å². The molecule has 0 saturated heterocycles.